The molecular weight excluding hydrogens is 267 g/mol. The van der Waals surface area contributed by atoms with Crippen LogP contribution in [0.1, 0.15) is 24.0 Å². The molecule has 1 unspecified atom stereocenters. The standard InChI is InChI=1S/C15H14F3NO/c1-10(11-4-2-6-13(19)8-11)12-5-3-7-14(9-12)20-15(16,17)18/h2-10H,19H2,1H3. The number of hydrogen-bond donors (Lipinski definition) is 1. The van der Waals surface area contributed by atoms with E-state index >= 15 is 0 Å². The Balaban J connectivity index is 2.26. The molecule has 0 bridgehead atoms. The van der Waals surface area contributed by atoms with E-state index in [1.54, 1.807) is 18.2 Å². The Morgan fingerprint density at radius 1 is 1.00 bits per heavy atom. The normalized spacial score (nSPS) is 13.0. The zero-order chi connectivity index (χ0) is 14.8. The first kappa shape index (κ1) is 14.2. The Bertz CT molecular complexity index is 596. The van der Waals surface area contributed by atoms with Crippen LogP contribution in [0.15, 0.2) is 48.5 Å². The van der Waals surface area contributed by atoms with Crippen LogP contribution in [0.3, 0.4) is 0 Å². The molecule has 2 nitrogen and oxygen atoms in total. The molecule has 2 aromatic rings. The lowest BCUT2D eigenvalue weighted by molar-refractivity contribution is -0.274. The molecule has 0 aliphatic heterocycles. The summed E-state index contributed by atoms with van der Waals surface area (Å²) in [5, 5.41) is 0. The van der Waals surface area contributed by atoms with Crippen molar-refractivity contribution in [1.82, 2.24) is 0 Å². The molecule has 0 amide bonds. The fourth-order valence-electron chi connectivity index (χ4n) is 2.00. The van der Waals surface area contributed by atoms with Crippen molar-refractivity contribution in [2.45, 2.75) is 19.2 Å². The van der Waals surface area contributed by atoms with Crippen LogP contribution in [-0.4, -0.2) is 6.36 Å². The van der Waals surface area contributed by atoms with Crippen molar-refractivity contribution < 1.29 is 17.9 Å². The lowest BCUT2D eigenvalue weighted by atomic mass is 9.93. The van der Waals surface area contributed by atoms with Gasteiger partial charge in [-0.15, -0.1) is 13.2 Å². The minimum absolute atomic E-state index is 0.0738. The lowest BCUT2D eigenvalue weighted by Crippen LogP contribution is -2.17. The Kier molecular flexibility index (Phi) is 3.88. The minimum Gasteiger partial charge on any atom is -0.406 e. The third kappa shape index (κ3) is 3.66. The third-order valence-electron chi connectivity index (χ3n) is 3.00. The van der Waals surface area contributed by atoms with E-state index in [4.69, 9.17) is 5.73 Å². The first-order valence-corrected chi connectivity index (χ1v) is 6.06. The summed E-state index contributed by atoms with van der Waals surface area (Å²) in [6.07, 6.45) is -4.68. The van der Waals surface area contributed by atoms with Gasteiger partial charge in [0.25, 0.3) is 0 Å². The van der Waals surface area contributed by atoms with Gasteiger partial charge in [0.2, 0.25) is 0 Å². The molecule has 2 aromatic carbocycles. The van der Waals surface area contributed by atoms with Gasteiger partial charge >= 0.3 is 6.36 Å². The first-order valence-electron chi connectivity index (χ1n) is 6.06. The van der Waals surface area contributed by atoms with E-state index in [2.05, 4.69) is 4.74 Å². The number of nitrogen functional groups attached to an aromatic ring is 1. The summed E-state index contributed by atoms with van der Waals surface area (Å²) in [6, 6.07) is 13.2. The summed E-state index contributed by atoms with van der Waals surface area (Å²) in [4.78, 5) is 0. The molecule has 1 atom stereocenters. The Hall–Kier alpha value is -2.17. The van der Waals surface area contributed by atoms with Gasteiger partial charge in [-0.05, 0) is 35.4 Å². The number of hydrogen-bond acceptors (Lipinski definition) is 2. The van der Waals surface area contributed by atoms with Gasteiger partial charge in [-0.25, -0.2) is 0 Å². The molecule has 0 fully saturated rings. The van der Waals surface area contributed by atoms with Crippen LogP contribution in [0.2, 0.25) is 0 Å². The molecule has 106 valence electrons. The molecule has 0 spiro atoms. The zero-order valence-electron chi connectivity index (χ0n) is 10.8. The quantitative estimate of drug-likeness (QED) is 0.850. The molecule has 0 saturated heterocycles. The van der Waals surface area contributed by atoms with Crippen LogP contribution in [0.25, 0.3) is 0 Å². The van der Waals surface area contributed by atoms with Crippen LogP contribution >= 0.6 is 0 Å². The van der Waals surface area contributed by atoms with Crippen molar-refractivity contribution in [3.05, 3.63) is 59.7 Å². The van der Waals surface area contributed by atoms with Gasteiger partial charge in [-0.3, -0.25) is 0 Å². The Labute approximate surface area is 115 Å². The summed E-state index contributed by atoms with van der Waals surface area (Å²) in [5.74, 6) is -0.291. The fourth-order valence-corrected chi connectivity index (χ4v) is 2.00. The van der Waals surface area contributed by atoms with E-state index < -0.39 is 6.36 Å². The SMILES string of the molecule is CC(c1cccc(N)c1)c1cccc(OC(F)(F)F)c1. The molecule has 0 aliphatic rings. The lowest BCUT2D eigenvalue weighted by Gasteiger charge is -2.15. The van der Waals surface area contributed by atoms with Crippen LogP contribution in [0, 0.1) is 0 Å². The van der Waals surface area contributed by atoms with E-state index in [-0.39, 0.29) is 11.7 Å². The van der Waals surface area contributed by atoms with E-state index in [1.165, 1.54) is 12.1 Å². The summed E-state index contributed by atoms with van der Waals surface area (Å²) in [6.45, 7) is 1.90. The molecular formula is C15H14F3NO. The van der Waals surface area contributed by atoms with Crippen molar-refractivity contribution >= 4 is 5.69 Å². The molecule has 0 heterocycles. The average molecular weight is 281 g/mol. The summed E-state index contributed by atoms with van der Waals surface area (Å²) >= 11 is 0. The van der Waals surface area contributed by atoms with Crippen molar-refractivity contribution in [3.63, 3.8) is 0 Å². The number of ether oxygens (including phenoxy) is 1. The second kappa shape index (κ2) is 5.45. The number of anilines is 1. The van der Waals surface area contributed by atoms with Gasteiger partial charge < -0.3 is 10.5 Å². The van der Waals surface area contributed by atoms with Crippen LogP contribution < -0.4 is 10.5 Å². The number of alkyl halides is 3. The summed E-state index contributed by atoms with van der Waals surface area (Å²) < 4.78 is 40.6. The third-order valence-corrected chi connectivity index (χ3v) is 3.00. The maximum atomic E-state index is 12.2. The molecule has 2 rings (SSSR count). The average Bonchev–Trinajstić information content (AvgIpc) is 2.36. The molecule has 0 aromatic heterocycles. The van der Waals surface area contributed by atoms with E-state index in [9.17, 15) is 13.2 Å². The predicted octanol–water partition coefficient (Wildman–Crippen LogP) is 4.32. The molecule has 2 N–H and O–H groups in total. The maximum absolute atomic E-state index is 12.2. The zero-order valence-corrected chi connectivity index (χ0v) is 10.8. The molecule has 0 aliphatic carbocycles. The van der Waals surface area contributed by atoms with Crippen molar-refractivity contribution in [3.8, 4) is 5.75 Å². The molecule has 5 heteroatoms. The van der Waals surface area contributed by atoms with Gasteiger partial charge in [-0.1, -0.05) is 31.2 Å². The van der Waals surface area contributed by atoms with Gasteiger partial charge in [0.15, 0.2) is 0 Å². The minimum atomic E-state index is -4.68. The molecule has 0 saturated carbocycles. The molecule has 20 heavy (non-hydrogen) atoms. The van der Waals surface area contributed by atoms with E-state index in [0.717, 1.165) is 11.1 Å². The second-order valence-corrected chi connectivity index (χ2v) is 4.51. The monoisotopic (exact) mass is 281 g/mol. The van der Waals surface area contributed by atoms with Crippen LogP contribution in [0.4, 0.5) is 18.9 Å². The highest BCUT2D eigenvalue weighted by molar-refractivity contribution is 5.45. The largest absolute Gasteiger partial charge is 0.573 e. The number of nitrogens with two attached hydrogens (primary N) is 1. The van der Waals surface area contributed by atoms with Crippen molar-refractivity contribution in [1.29, 1.82) is 0 Å². The highest BCUT2D eigenvalue weighted by atomic mass is 19.4. The molecule has 0 radical (unpaired) electrons. The van der Waals surface area contributed by atoms with Gasteiger partial charge in [0.05, 0.1) is 0 Å². The van der Waals surface area contributed by atoms with Crippen molar-refractivity contribution in [2.75, 3.05) is 5.73 Å². The topological polar surface area (TPSA) is 35.2 Å². The van der Waals surface area contributed by atoms with Gasteiger partial charge in [0, 0.05) is 11.6 Å². The Morgan fingerprint density at radius 2 is 1.60 bits per heavy atom. The van der Waals surface area contributed by atoms with Gasteiger partial charge in [0.1, 0.15) is 5.75 Å². The summed E-state index contributed by atoms with van der Waals surface area (Å²) in [5.41, 5.74) is 8.01. The highest BCUT2D eigenvalue weighted by Crippen LogP contribution is 2.30. The predicted molar refractivity (Wildman–Crippen MR) is 71.5 cm³/mol. The maximum Gasteiger partial charge on any atom is 0.573 e. The van der Waals surface area contributed by atoms with Crippen molar-refractivity contribution in [2.24, 2.45) is 0 Å². The van der Waals surface area contributed by atoms with Crippen LogP contribution in [-0.2, 0) is 0 Å². The summed E-state index contributed by atoms with van der Waals surface area (Å²) in [7, 11) is 0. The second-order valence-electron chi connectivity index (χ2n) is 4.51. The smallest absolute Gasteiger partial charge is 0.406 e. The number of benzene rings is 2. The van der Waals surface area contributed by atoms with Crippen LogP contribution in [0.5, 0.6) is 5.75 Å². The van der Waals surface area contributed by atoms with E-state index in [1.807, 2.05) is 25.1 Å². The van der Waals surface area contributed by atoms with E-state index in [0.29, 0.717) is 5.69 Å². The Morgan fingerprint density at radius 3 is 2.20 bits per heavy atom. The number of halogens is 3. The number of rotatable bonds is 3. The van der Waals surface area contributed by atoms with Gasteiger partial charge in [-0.2, -0.15) is 0 Å². The fraction of sp³-hybridized carbons (Fsp3) is 0.200. The first-order chi connectivity index (χ1) is 9.35. The highest BCUT2D eigenvalue weighted by Gasteiger charge is 2.31.